The Labute approximate surface area is 237 Å². The Kier molecular flexibility index (Phi) is 24.2. The van der Waals surface area contributed by atoms with Gasteiger partial charge in [0.1, 0.15) is 13.2 Å². The van der Waals surface area contributed by atoms with Crippen molar-refractivity contribution in [3.63, 3.8) is 0 Å². The van der Waals surface area contributed by atoms with E-state index in [9.17, 15) is 9.59 Å². The van der Waals surface area contributed by atoms with Crippen LogP contribution in [0, 0.1) is 0 Å². The molecule has 12 heteroatoms. The predicted molar refractivity (Wildman–Crippen MR) is 156 cm³/mol. The van der Waals surface area contributed by atoms with Crippen molar-refractivity contribution < 1.29 is 28.5 Å². The van der Waals surface area contributed by atoms with E-state index in [2.05, 4.69) is 24.9 Å². The monoisotopic (exact) mass is 562 g/mol. The number of nitrogens with one attached hydrogen (secondary N) is 1. The van der Waals surface area contributed by atoms with Crippen molar-refractivity contribution in [1.29, 1.82) is 0 Å². The lowest BCUT2D eigenvalue weighted by atomic mass is 10.2. The van der Waals surface area contributed by atoms with Crippen LogP contribution in [0.5, 0.6) is 0 Å². The Morgan fingerprint density at radius 1 is 0.538 bits per heavy atom. The van der Waals surface area contributed by atoms with E-state index in [1.165, 1.54) is 0 Å². The minimum atomic E-state index is -0.379. The van der Waals surface area contributed by atoms with E-state index >= 15 is 0 Å². The Bertz CT molecular complexity index is 599. The predicted octanol–water partition coefficient (Wildman–Crippen LogP) is 1.36. The first-order valence-electron chi connectivity index (χ1n) is 14.2. The summed E-state index contributed by atoms with van der Waals surface area (Å²) in [5.74, 6) is 0. The third kappa shape index (κ3) is 26.3. The van der Waals surface area contributed by atoms with Gasteiger partial charge in [0, 0.05) is 59.4 Å². The third-order valence-electron chi connectivity index (χ3n) is 6.01. The lowest BCUT2D eigenvalue weighted by Crippen LogP contribution is -2.32. The molecule has 0 aromatic rings. The van der Waals surface area contributed by atoms with E-state index in [1.807, 2.05) is 42.3 Å². The number of amides is 2. The number of nitrogens with zero attached hydrogens (tertiary/aromatic N) is 5. The molecule has 0 unspecified atom stereocenters. The van der Waals surface area contributed by atoms with Crippen LogP contribution >= 0.6 is 0 Å². The first-order chi connectivity index (χ1) is 18.6. The molecule has 0 aliphatic rings. The first kappa shape index (κ1) is 37.3. The second-order valence-corrected chi connectivity index (χ2v) is 10.5. The summed E-state index contributed by atoms with van der Waals surface area (Å²) in [6.45, 7) is 9.49. The molecule has 0 aromatic carbocycles. The molecule has 0 aliphatic heterocycles. The van der Waals surface area contributed by atoms with Gasteiger partial charge in [-0.25, -0.2) is 9.59 Å². The molecule has 0 atom stereocenters. The van der Waals surface area contributed by atoms with Gasteiger partial charge in [-0.15, -0.1) is 0 Å². The van der Waals surface area contributed by atoms with Crippen LogP contribution in [0.3, 0.4) is 0 Å². The first-order valence-corrected chi connectivity index (χ1v) is 14.2. The highest BCUT2D eigenvalue weighted by atomic mass is 16.6. The van der Waals surface area contributed by atoms with E-state index in [0.29, 0.717) is 52.6 Å². The quantitative estimate of drug-likeness (QED) is 0.164. The molecule has 0 saturated heterocycles. The van der Waals surface area contributed by atoms with Crippen LogP contribution in [0.1, 0.15) is 25.7 Å². The molecule has 0 fully saturated rings. The second-order valence-electron chi connectivity index (χ2n) is 10.5. The van der Waals surface area contributed by atoms with Crippen LogP contribution in [0.4, 0.5) is 9.59 Å². The SMILES string of the molecule is CN(C)CCOCCN(C)CCOC(=O)NCCCCCCN(C)C(=O)OCCN(C)CCOCCN(C)C. The standard InChI is InChI=1S/C27H58N6O6/c1-29(2)14-20-36-22-16-31(5)18-24-38-26(34)28-12-10-8-9-11-13-33(7)27(35)39-25-19-32(6)17-23-37-21-15-30(3)4/h8-25H2,1-7H3,(H,28,34). The molecule has 232 valence electrons. The fourth-order valence-electron chi connectivity index (χ4n) is 3.22. The van der Waals surface area contributed by atoms with E-state index in [1.54, 1.807) is 11.9 Å². The fraction of sp³-hybridized carbons (Fsp3) is 0.926. The van der Waals surface area contributed by atoms with Gasteiger partial charge in [-0.1, -0.05) is 12.8 Å². The maximum atomic E-state index is 12.1. The van der Waals surface area contributed by atoms with Crippen LogP contribution in [0.25, 0.3) is 0 Å². The van der Waals surface area contributed by atoms with Crippen LogP contribution < -0.4 is 5.32 Å². The molecule has 0 bridgehead atoms. The summed E-state index contributed by atoms with van der Waals surface area (Å²) in [5.41, 5.74) is 0. The van der Waals surface area contributed by atoms with Crippen LogP contribution in [-0.4, -0.2) is 178 Å². The number of likely N-dealkylation sites (N-methyl/N-ethyl adjacent to an activating group) is 4. The van der Waals surface area contributed by atoms with Gasteiger partial charge in [0.05, 0.1) is 26.4 Å². The molecule has 39 heavy (non-hydrogen) atoms. The van der Waals surface area contributed by atoms with Crippen molar-refractivity contribution in [1.82, 2.24) is 29.8 Å². The summed E-state index contributed by atoms with van der Waals surface area (Å²) < 4.78 is 21.8. The van der Waals surface area contributed by atoms with Crippen molar-refractivity contribution >= 4 is 12.2 Å². The summed E-state index contributed by atoms with van der Waals surface area (Å²) in [6, 6.07) is 0. The van der Waals surface area contributed by atoms with Gasteiger partial charge < -0.3 is 48.8 Å². The van der Waals surface area contributed by atoms with E-state index < -0.39 is 0 Å². The molecule has 0 spiro atoms. The summed E-state index contributed by atoms with van der Waals surface area (Å²) >= 11 is 0. The highest BCUT2D eigenvalue weighted by molar-refractivity contribution is 5.67. The Balaban J connectivity index is 3.58. The Morgan fingerprint density at radius 3 is 1.54 bits per heavy atom. The van der Waals surface area contributed by atoms with Gasteiger partial charge in [0.15, 0.2) is 0 Å². The van der Waals surface area contributed by atoms with E-state index in [0.717, 1.165) is 65.1 Å². The molecule has 0 heterocycles. The summed E-state index contributed by atoms with van der Waals surface area (Å²) in [7, 11) is 13.8. The third-order valence-corrected chi connectivity index (χ3v) is 6.01. The molecule has 0 saturated carbocycles. The summed E-state index contributed by atoms with van der Waals surface area (Å²) in [5, 5.41) is 2.79. The molecule has 0 rings (SSSR count). The highest BCUT2D eigenvalue weighted by Gasteiger charge is 2.10. The number of alkyl carbamates (subject to hydrolysis) is 1. The number of hydrogen-bond donors (Lipinski definition) is 1. The van der Waals surface area contributed by atoms with Crippen molar-refractivity contribution in [3.8, 4) is 0 Å². The number of hydrogen-bond acceptors (Lipinski definition) is 10. The maximum absolute atomic E-state index is 12.1. The topological polar surface area (TPSA) is 99.3 Å². The normalized spacial score (nSPS) is 11.6. The number of unbranched alkanes of at least 4 members (excludes halogenated alkanes) is 3. The highest BCUT2D eigenvalue weighted by Crippen LogP contribution is 2.02. The van der Waals surface area contributed by atoms with Crippen molar-refractivity contribution in [2.75, 3.05) is 141 Å². The summed E-state index contributed by atoms with van der Waals surface area (Å²) in [4.78, 5) is 33.9. The average Bonchev–Trinajstić information content (AvgIpc) is 2.87. The molecular weight excluding hydrogens is 504 g/mol. The Hall–Kier alpha value is -1.70. The number of rotatable bonds is 25. The zero-order chi connectivity index (χ0) is 29.3. The van der Waals surface area contributed by atoms with Crippen LogP contribution in [-0.2, 0) is 18.9 Å². The number of carbonyl (C=O) groups excluding carboxylic acids is 2. The lowest BCUT2D eigenvalue weighted by molar-refractivity contribution is 0.0809. The van der Waals surface area contributed by atoms with Gasteiger partial charge in [0.25, 0.3) is 0 Å². The minimum Gasteiger partial charge on any atom is -0.448 e. The molecule has 0 aliphatic carbocycles. The van der Waals surface area contributed by atoms with Gasteiger partial charge in [-0.3, -0.25) is 0 Å². The second kappa shape index (κ2) is 25.3. The van der Waals surface area contributed by atoms with E-state index in [4.69, 9.17) is 18.9 Å². The molecule has 0 aromatic heterocycles. The van der Waals surface area contributed by atoms with E-state index in [-0.39, 0.29) is 12.2 Å². The maximum Gasteiger partial charge on any atom is 0.409 e. The molecular formula is C27H58N6O6. The van der Waals surface area contributed by atoms with Crippen molar-refractivity contribution in [3.05, 3.63) is 0 Å². The average molecular weight is 563 g/mol. The molecule has 0 radical (unpaired) electrons. The van der Waals surface area contributed by atoms with Gasteiger partial charge >= 0.3 is 12.2 Å². The lowest BCUT2D eigenvalue weighted by Gasteiger charge is -2.20. The van der Waals surface area contributed by atoms with Crippen molar-refractivity contribution in [2.24, 2.45) is 0 Å². The van der Waals surface area contributed by atoms with Crippen LogP contribution in [0.15, 0.2) is 0 Å². The molecule has 1 N–H and O–H groups in total. The fourth-order valence-corrected chi connectivity index (χ4v) is 3.22. The van der Waals surface area contributed by atoms with Gasteiger partial charge in [-0.2, -0.15) is 0 Å². The van der Waals surface area contributed by atoms with Gasteiger partial charge in [-0.05, 0) is 55.1 Å². The smallest absolute Gasteiger partial charge is 0.409 e. The molecule has 12 nitrogen and oxygen atoms in total. The van der Waals surface area contributed by atoms with Crippen molar-refractivity contribution in [2.45, 2.75) is 25.7 Å². The number of carbonyl (C=O) groups is 2. The number of ether oxygens (including phenoxy) is 4. The zero-order valence-electron chi connectivity index (χ0n) is 25.9. The minimum absolute atomic E-state index is 0.294. The summed E-state index contributed by atoms with van der Waals surface area (Å²) in [6.07, 6.45) is 3.05. The van der Waals surface area contributed by atoms with Crippen LogP contribution in [0.2, 0.25) is 0 Å². The Morgan fingerprint density at radius 2 is 1.00 bits per heavy atom. The molecule has 2 amide bonds. The van der Waals surface area contributed by atoms with Gasteiger partial charge in [0.2, 0.25) is 0 Å². The zero-order valence-corrected chi connectivity index (χ0v) is 25.9. The largest absolute Gasteiger partial charge is 0.448 e.